The van der Waals surface area contributed by atoms with Crippen LogP contribution in [-0.2, 0) is 27.0 Å². The summed E-state index contributed by atoms with van der Waals surface area (Å²) in [5, 5.41) is 9.89. The van der Waals surface area contributed by atoms with Crippen LogP contribution < -0.4 is 15.2 Å². The number of amides is 2. The molecule has 1 aromatic heterocycles. The van der Waals surface area contributed by atoms with Crippen molar-refractivity contribution in [3.63, 3.8) is 0 Å². The number of halogens is 1. The number of aromatic nitrogens is 2. The Morgan fingerprint density at radius 1 is 1.14 bits per heavy atom. The summed E-state index contributed by atoms with van der Waals surface area (Å²) < 4.78 is 20.7. The highest BCUT2D eigenvalue weighted by molar-refractivity contribution is 7.46. The van der Waals surface area contributed by atoms with Crippen molar-refractivity contribution in [3.05, 3.63) is 76.4 Å². The van der Waals surface area contributed by atoms with E-state index < -0.39 is 31.7 Å². The Hall–Kier alpha value is -3.24. The van der Waals surface area contributed by atoms with Crippen LogP contribution in [0.5, 0.6) is 5.75 Å². The van der Waals surface area contributed by atoms with E-state index in [1.54, 1.807) is 19.1 Å². The fourth-order valence-corrected chi connectivity index (χ4v) is 3.84. The molecule has 186 valence electrons. The van der Waals surface area contributed by atoms with Crippen molar-refractivity contribution < 1.29 is 33.0 Å². The van der Waals surface area contributed by atoms with Crippen LogP contribution >= 0.6 is 19.4 Å². The fourth-order valence-electron chi connectivity index (χ4n) is 3.23. The summed E-state index contributed by atoms with van der Waals surface area (Å²) >= 11 is 6.00. The molecule has 2 aromatic carbocycles. The molecule has 0 aliphatic rings. The summed E-state index contributed by atoms with van der Waals surface area (Å²) in [5.41, 5.74) is 1.54. The van der Waals surface area contributed by atoms with Gasteiger partial charge in [-0.25, -0.2) is 4.57 Å². The van der Waals surface area contributed by atoms with Crippen LogP contribution in [0.4, 0.5) is 0 Å². The van der Waals surface area contributed by atoms with Gasteiger partial charge in [-0.3, -0.25) is 19.4 Å². The van der Waals surface area contributed by atoms with Gasteiger partial charge in [-0.1, -0.05) is 41.0 Å². The average molecular weight is 523 g/mol. The molecular weight excluding hydrogens is 499 g/mol. The van der Waals surface area contributed by atoms with E-state index in [-0.39, 0.29) is 18.1 Å². The van der Waals surface area contributed by atoms with Gasteiger partial charge in [0.1, 0.15) is 17.8 Å². The Balaban J connectivity index is 1.64. The van der Waals surface area contributed by atoms with Crippen LogP contribution in [0.2, 0.25) is 5.02 Å². The number of carbonyl (C=O) groups is 2. The number of phosphoric acid groups is 1. The fraction of sp³-hybridized carbons (Fsp3) is 0.273. The van der Waals surface area contributed by atoms with Crippen LogP contribution in [0.15, 0.2) is 53.1 Å². The quantitative estimate of drug-likeness (QED) is 0.293. The second-order valence-corrected chi connectivity index (χ2v) is 9.37. The molecule has 2 atom stereocenters. The molecule has 11 nitrogen and oxygen atoms in total. The van der Waals surface area contributed by atoms with Gasteiger partial charge in [0, 0.05) is 24.8 Å². The maximum atomic E-state index is 12.9. The first-order chi connectivity index (χ1) is 16.5. The zero-order valence-electron chi connectivity index (χ0n) is 18.8. The first-order valence-electron chi connectivity index (χ1n) is 10.5. The average Bonchev–Trinajstić information content (AvgIpc) is 3.22. The van der Waals surface area contributed by atoms with Crippen molar-refractivity contribution in [2.45, 2.75) is 38.8 Å². The second kappa shape index (κ2) is 11.5. The minimum Gasteiger partial charge on any atom is -0.404 e. The van der Waals surface area contributed by atoms with Gasteiger partial charge in [0.15, 0.2) is 5.82 Å². The molecule has 13 heteroatoms. The Bertz CT molecular complexity index is 1230. The molecule has 0 fully saturated rings. The van der Waals surface area contributed by atoms with Gasteiger partial charge >= 0.3 is 7.82 Å². The van der Waals surface area contributed by atoms with E-state index in [0.717, 1.165) is 5.56 Å². The van der Waals surface area contributed by atoms with Crippen molar-refractivity contribution in [2.75, 3.05) is 0 Å². The molecule has 3 rings (SSSR count). The van der Waals surface area contributed by atoms with Crippen LogP contribution in [0.3, 0.4) is 0 Å². The van der Waals surface area contributed by atoms with E-state index in [2.05, 4.69) is 25.3 Å². The third-order valence-electron chi connectivity index (χ3n) is 4.75. The van der Waals surface area contributed by atoms with Crippen molar-refractivity contribution in [2.24, 2.45) is 0 Å². The number of benzene rings is 2. The summed E-state index contributed by atoms with van der Waals surface area (Å²) in [6, 6.07) is 11.5. The minimum absolute atomic E-state index is 0.0267. The van der Waals surface area contributed by atoms with Gasteiger partial charge in [0.2, 0.25) is 17.7 Å². The lowest BCUT2D eigenvalue weighted by atomic mass is 10.0. The van der Waals surface area contributed by atoms with Crippen LogP contribution in [0.1, 0.15) is 42.7 Å². The molecule has 0 saturated heterocycles. The molecule has 0 saturated carbocycles. The molecule has 35 heavy (non-hydrogen) atoms. The van der Waals surface area contributed by atoms with Crippen LogP contribution in [-0.4, -0.2) is 37.8 Å². The number of nitrogens with one attached hydrogen (secondary N) is 2. The Kier molecular flexibility index (Phi) is 8.63. The lowest BCUT2D eigenvalue weighted by molar-refractivity contribution is -0.128. The van der Waals surface area contributed by atoms with Crippen molar-refractivity contribution >= 4 is 31.2 Å². The van der Waals surface area contributed by atoms with Gasteiger partial charge in [-0.2, -0.15) is 4.98 Å². The molecule has 0 unspecified atom stereocenters. The van der Waals surface area contributed by atoms with E-state index >= 15 is 0 Å². The number of hydrogen-bond donors (Lipinski definition) is 4. The highest BCUT2D eigenvalue weighted by atomic mass is 35.5. The van der Waals surface area contributed by atoms with E-state index in [9.17, 15) is 14.2 Å². The Labute approximate surface area is 206 Å². The lowest BCUT2D eigenvalue weighted by Crippen LogP contribution is -2.48. The lowest BCUT2D eigenvalue weighted by Gasteiger charge is -2.19. The highest BCUT2D eigenvalue weighted by Crippen LogP contribution is 2.37. The monoisotopic (exact) mass is 522 g/mol. The van der Waals surface area contributed by atoms with E-state index in [1.165, 1.54) is 31.2 Å². The van der Waals surface area contributed by atoms with E-state index in [0.29, 0.717) is 22.8 Å². The smallest absolute Gasteiger partial charge is 0.404 e. The zero-order chi connectivity index (χ0) is 25.6. The number of hydrogen-bond acceptors (Lipinski definition) is 7. The standard InChI is InChI=1S/C22H24ClN4O7P/c1-13(22-26-20(27-33-22)12-16-4-3-5-17(23)10-16)24-21(29)19(25-14(2)28)11-15-6-8-18(9-7-15)34-35(30,31)32/h3-10,13,19H,11-12H2,1-2H3,(H,24,29)(H,25,28)(H2,30,31,32)/t13-,19-/m0/s1. The van der Waals surface area contributed by atoms with E-state index in [4.69, 9.17) is 25.9 Å². The SMILES string of the molecule is CC(=O)N[C@@H](Cc1ccc(OP(=O)(O)O)cc1)C(=O)N[C@@H](C)c1nc(Cc2cccc(Cl)c2)no1. The Morgan fingerprint density at radius 3 is 2.49 bits per heavy atom. The van der Waals surface area contributed by atoms with Crippen molar-refractivity contribution in [1.82, 2.24) is 20.8 Å². The van der Waals surface area contributed by atoms with Gasteiger partial charge in [0.05, 0.1) is 0 Å². The Morgan fingerprint density at radius 2 is 1.86 bits per heavy atom. The summed E-state index contributed by atoms with van der Waals surface area (Å²) in [4.78, 5) is 46.7. The topological polar surface area (TPSA) is 164 Å². The zero-order valence-corrected chi connectivity index (χ0v) is 20.5. The summed E-state index contributed by atoms with van der Waals surface area (Å²) in [6.45, 7) is 2.97. The minimum atomic E-state index is -4.68. The molecule has 0 aliphatic heterocycles. The van der Waals surface area contributed by atoms with Gasteiger partial charge < -0.3 is 19.7 Å². The normalized spacial score (nSPS) is 13.1. The number of phosphoric ester groups is 1. The number of rotatable bonds is 10. The molecule has 0 radical (unpaired) electrons. The predicted octanol–water partition coefficient (Wildman–Crippen LogP) is 2.71. The number of carbonyl (C=O) groups excluding carboxylic acids is 2. The molecule has 0 spiro atoms. The first kappa shape index (κ1) is 26.4. The molecule has 4 N–H and O–H groups in total. The molecule has 3 aromatic rings. The second-order valence-electron chi connectivity index (χ2n) is 7.77. The van der Waals surface area contributed by atoms with Gasteiger partial charge in [-0.15, -0.1) is 0 Å². The summed E-state index contributed by atoms with van der Waals surface area (Å²) in [5.74, 6) is -0.268. The van der Waals surface area contributed by atoms with Crippen LogP contribution in [0.25, 0.3) is 0 Å². The van der Waals surface area contributed by atoms with Crippen molar-refractivity contribution in [3.8, 4) is 5.75 Å². The van der Waals surface area contributed by atoms with Crippen molar-refractivity contribution in [1.29, 1.82) is 0 Å². The molecule has 2 amide bonds. The predicted molar refractivity (Wildman–Crippen MR) is 126 cm³/mol. The third-order valence-corrected chi connectivity index (χ3v) is 5.43. The third kappa shape index (κ3) is 8.48. The number of nitrogens with zero attached hydrogens (tertiary/aromatic N) is 2. The molecule has 0 aliphatic carbocycles. The molecular formula is C22H24ClN4O7P. The highest BCUT2D eigenvalue weighted by Gasteiger charge is 2.24. The first-order valence-corrected chi connectivity index (χ1v) is 12.4. The van der Waals surface area contributed by atoms with Gasteiger partial charge in [0.25, 0.3) is 0 Å². The summed E-state index contributed by atoms with van der Waals surface area (Å²) in [7, 11) is -4.68. The maximum Gasteiger partial charge on any atom is 0.524 e. The molecule has 1 heterocycles. The summed E-state index contributed by atoms with van der Waals surface area (Å²) in [6.07, 6.45) is 0.527. The van der Waals surface area contributed by atoms with Gasteiger partial charge in [-0.05, 0) is 42.3 Å². The van der Waals surface area contributed by atoms with E-state index in [1.807, 2.05) is 12.1 Å². The maximum absolute atomic E-state index is 12.9. The van der Waals surface area contributed by atoms with Crippen LogP contribution in [0, 0.1) is 0 Å². The largest absolute Gasteiger partial charge is 0.524 e. The molecule has 0 bridgehead atoms.